The summed E-state index contributed by atoms with van der Waals surface area (Å²) in [5.41, 5.74) is -1.88. The summed E-state index contributed by atoms with van der Waals surface area (Å²) >= 11 is 18.4. The van der Waals surface area contributed by atoms with Crippen molar-refractivity contribution >= 4 is 56.7 Å². The monoisotopic (exact) mass is 514 g/mol. The molecule has 0 bridgehead atoms. The molecule has 0 fully saturated rings. The zero-order valence-electron chi connectivity index (χ0n) is 17.0. The smallest absolute Gasteiger partial charge is 0.344 e. The van der Waals surface area contributed by atoms with Gasteiger partial charge in [0, 0.05) is 15.1 Å². The highest BCUT2D eigenvalue weighted by Gasteiger charge is 2.32. The van der Waals surface area contributed by atoms with Gasteiger partial charge in [-0.05, 0) is 54.1 Å². The predicted octanol–water partition coefficient (Wildman–Crippen LogP) is 6.45. The van der Waals surface area contributed by atoms with Gasteiger partial charge in [0.05, 0.1) is 27.8 Å². The number of halogens is 3. The van der Waals surface area contributed by atoms with Crippen molar-refractivity contribution in [1.29, 1.82) is 0 Å². The van der Waals surface area contributed by atoms with Crippen LogP contribution in [0.2, 0.25) is 15.1 Å². The Morgan fingerprint density at radius 2 is 1.12 bits per heavy atom. The number of fused-ring (bicyclic) bond motifs is 2. The summed E-state index contributed by atoms with van der Waals surface area (Å²) in [6, 6.07) is 15.1. The first-order valence-corrected chi connectivity index (χ1v) is 11.0. The molecular formula is C25H13Cl3O6. The van der Waals surface area contributed by atoms with E-state index in [4.69, 9.17) is 43.6 Å². The third-order valence-corrected chi connectivity index (χ3v) is 6.21. The molecule has 3 aromatic carbocycles. The van der Waals surface area contributed by atoms with Crippen LogP contribution in [0.5, 0.6) is 11.5 Å². The fourth-order valence-corrected chi connectivity index (χ4v) is 4.56. The van der Waals surface area contributed by atoms with Gasteiger partial charge in [0.15, 0.2) is 0 Å². The summed E-state index contributed by atoms with van der Waals surface area (Å²) in [4.78, 5) is 26.2. The van der Waals surface area contributed by atoms with E-state index in [1.165, 1.54) is 42.5 Å². The Kier molecular flexibility index (Phi) is 5.52. The fraction of sp³-hybridized carbons (Fsp3) is 0.0400. The molecule has 5 aromatic rings. The average Bonchev–Trinajstić information content (AvgIpc) is 2.79. The summed E-state index contributed by atoms with van der Waals surface area (Å²) < 4.78 is 10.9. The van der Waals surface area contributed by atoms with Crippen LogP contribution in [0.4, 0.5) is 0 Å². The van der Waals surface area contributed by atoms with Crippen LogP contribution < -0.4 is 11.3 Å². The second kappa shape index (κ2) is 8.40. The largest absolute Gasteiger partial charge is 0.507 e. The van der Waals surface area contributed by atoms with Crippen LogP contribution in [0.1, 0.15) is 22.6 Å². The van der Waals surface area contributed by atoms with E-state index >= 15 is 0 Å². The maximum absolute atomic E-state index is 13.1. The minimum atomic E-state index is -1.29. The molecule has 0 saturated carbocycles. The van der Waals surface area contributed by atoms with E-state index in [0.717, 1.165) is 0 Å². The molecule has 0 spiro atoms. The Hall–Kier alpha value is -3.45. The van der Waals surface area contributed by atoms with Gasteiger partial charge in [-0.25, -0.2) is 9.59 Å². The van der Waals surface area contributed by atoms with E-state index < -0.39 is 28.7 Å². The molecule has 170 valence electrons. The van der Waals surface area contributed by atoms with Crippen LogP contribution in [-0.2, 0) is 0 Å². The van der Waals surface area contributed by atoms with Crippen LogP contribution >= 0.6 is 34.8 Å². The van der Waals surface area contributed by atoms with Gasteiger partial charge >= 0.3 is 11.3 Å². The van der Waals surface area contributed by atoms with E-state index in [9.17, 15) is 19.8 Å². The van der Waals surface area contributed by atoms with Gasteiger partial charge < -0.3 is 19.0 Å². The third-order valence-electron chi connectivity index (χ3n) is 5.51. The summed E-state index contributed by atoms with van der Waals surface area (Å²) in [6.07, 6.45) is 0. The molecule has 0 aliphatic rings. The molecule has 2 N–H and O–H groups in total. The van der Waals surface area contributed by atoms with Gasteiger partial charge in [-0.1, -0.05) is 46.9 Å². The Bertz CT molecular complexity index is 1620. The van der Waals surface area contributed by atoms with Gasteiger partial charge in [0.1, 0.15) is 22.7 Å². The van der Waals surface area contributed by atoms with Crippen molar-refractivity contribution in [3.8, 4) is 11.5 Å². The highest BCUT2D eigenvalue weighted by atomic mass is 35.5. The first-order chi connectivity index (χ1) is 16.2. The molecule has 0 unspecified atom stereocenters. The number of benzene rings is 3. The van der Waals surface area contributed by atoms with Crippen LogP contribution in [0.15, 0.2) is 79.1 Å². The average molecular weight is 516 g/mol. The Morgan fingerprint density at radius 1 is 0.647 bits per heavy atom. The molecule has 0 aliphatic heterocycles. The van der Waals surface area contributed by atoms with Gasteiger partial charge in [-0.3, -0.25) is 0 Å². The normalized spacial score (nSPS) is 11.5. The molecule has 9 heteroatoms. The van der Waals surface area contributed by atoms with Crippen molar-refractivity contribution in [2.75, 3.05) is 0 Å². The first-order valence-electron chi connectivity index (χ1n) is 9.90. The lowest BCUT2D eigenvalue weighted by Gasteiger charge is -2.20. The SMILES string of the molecule is O=c1oc2ccc(Cl)cc2c(O)c1C(c1cccc(Cl)c1)c1c(O)c2cc(Cl)ccc2oc1=O. The van der Waals surface area contributed by atoms with Crippen LogP contribution in [0.25, 0.3) is 21.9 Å². The molecule has 0 atom stereocenters. The summed E-state index contributed by atoms with van der Waals surface area (Å²) in [5, 5.41) is 23.5. The standard InChI is InChI=1S/C25H13Cl3O6/c26-12-3-1-2-11(8-12)19(20-22(29)15-9-13(27)4-6-17(15)33-24(20)31)21-23(30)16-10-14(28)5-7-18(16)34-25(21)32/h1-10,19,29-30H. The van der Waals surface area contributed by atoms with E-state index in [1.54, 1.807) is 18.2 Å². The van der Waals surface area contributed by atoms with Crippen LogP contribution in [-0.4, -0.2) is 10.2 Å². The first kappa shape index (κ1) is 22.3. The van der Waals surface area contributed by atoms with E-state index in [-0.39, 0.29) is 33.1 Å². The summed E-state index contributed by atoms with van der Waals surface area (Å²) in [6.45, 7) is 0. The van der Waals surface area contributed by atoms with Gasteiger partial charge in [-0.2, -0.15) is 0 Å². The molecule has 0 radical (unpaired) electrons. The molecular weight excluding hydrogens is 503 g/mol. The molecule has 5 rings (SSSR count). The lowest BCUT2D eigenvalue weighted by Crippen LogP contribution is -2.21. The van der Waals surface area contributed by atoms with Gasteiger partial charge in [0.2, 0.25) is 0 Å². The third kappa shape index (κ3) is 3.70. The molecule has 2 heterocycles. The molecule has 0 aliphatic carbocycles. The summed E-state index contributed by atoms with van der Waals surface area (Å²) in [7, 11) is 0. The number of aromatic hydroxyl groups is 2. The quantitative estimate of drug-likeness (QED) is 0.268. The van der Waals surface area contributed by atoms with E-state index in [0.29, 0.717) is 20.6 Å². The molecule has 0 saturated heterocycles. The minimum absolute atomic E-state index is 0.0991. The van der Waals surface area contributed by atoms with Crippen molar-refractivity contribution in [2.24, 2.45) is 0 Å². The van der Waals surface area contributed by atoms with Crippen molar-refractivity contribution in [3.05, 3.63) is 113 Å². The second-order valence-electron chi connectivity index (χ2n) is 7.57. The fourth-order valence-electron chi connectivity index (χ4n) is 4.02. The van der Waals surface area contributed by atoms with Crippen molar-refractivity contribution < 1.29 is 19.0 Å². The molecule has 2 aromatic heterocycles. The number of hydrogen-bond donors (Lipinski definition) is 2. The van der Waals surface area contributed by atoms with E-state index in [1.807, 2.05) is 0 Å². The molecule has 6 nitrogen and oxygen atoms in total. The van der Waals surface area contributed by atoms with Crippen LogP contribution in [0, 0.1) is 0 Å². The highest BCUT2D eigenvalue weighted by Crippen LogP contribution is 2.43. The van der Waals surface area contributed by atoms with Gasteiger partial charge in [-0.15, -0.1) is 0 Å². The minimum Gasteiger partial charge on any atom is -0.507 e. The maximum Gasteiger partial charge on any atom is 0.344 e. The lowest BCUT2D eigenvalue weighted by atomic mass is 9.84. The Labute approximate surface area is 206 Å². The number of hydrogen-bond acceptors (Lipinski definition) is 6. The second-order valence-corrected chi connectivity index (χ2v) is 8.88. The van der Waals surface area contributed by atoms with E-state index in [2.05, 4.69) is 0 Å². The zero-order chi connectivity index (χ0) is 24.1. The van der Waals surface area contributed by atoms with Crippen molar-refractivity contribution in [2.45, 2.75) is 5.92 Å². The lowest BCUT2D eigenvalue weighted by molar-refractivity contribution is 0.441. The predicted molar refractivity (Wildman–Crippen MR) is 131 cm³/mol. The zero-order valence-corrected chi connectivity index (χ0v) is 19.3. The van der Waals surface area contributed by atoms with Crippen molar-refractivity contribution in [3.63, 3.8) is 0 Å². The Balaban J connectivity index is 1.93. The number of rotatable bonds is 3. The molecule has 34 heavy (non-hydrogen) atoms. The highest BCUT2D eigenvalue weighted by molar-refractivity contribution is 6.31. The van der Waals surface area contributed by atoms with Gasteiger partial charge in [0.25, 0.3) is 0 Å². The maximum atomic E-state index is 13.1. The van der Waals surface area contributed by atoms with Crippen LogP contribution in [0.3, 0.4) is 0 Å². The molecule has 0 amide bonds. The van der Waals surface area contributed by atoms with Crippen molar-refractivity contribution in [1.82, 2.24) is 0 Å². The Morgan fingerprint density at radius 3 is 1.59 bits per heavy atom. The summed E-state index contributed by atoms with van der Waals surface area (Å²) in [5.74, 6) is -2.20. The topological polar surface area (TPSA) is 101 Å².